The molecule has 0 bridgehead atoms. The SMILES string of the molecule is CCC1NC1CN1CC(CCC(N)=O)C2=C1C(=O)C(C)=C(N)C2=O. The van der Waals surface area contributed by atoms with Crippen molar-refractivity contribution < 1.29 is 14.4 Å². The van der Waals surface area contributed by atoms with Crippen molar-refractivity contribution >= 4 is 17.5 Å². The van der Waals surface area contributed by atoms with Crippen LogP contribution in [0.15, 0.2) is 22.5 Å². The van der Waals surface area contributed by atoms with E-state index in [0.29, 0.717) is 48.4 Å². The summed E-state index contributed by atoms with van der Waals surface area (Å²) in [5.74, 6) is -1.01. The zero-order valence-electron chi connectivity index (χ0n) is 14.1. The van der Waals surface area contributed by atoms with Gasteiger partial charge in [0.1, 0.15) is 0 Å². The molecule has 2 heterocycles. The van der Waals surface area contributed by atoms with Gasteiger partial charge in [0.15, 0.2) is 0 Å². The van der Waals surface area contributed by atoms with Crippen LogP contribution < -0.4 is 16.8 Å². The highest BCUT2D eigenvalue weighted by atomic mass is 16.1. The molecule has 3 unspecified atom stereocenters. The van der Waals surface area contributed by atoms with Gasteiger partial charge in [-0.15, -0.1) is 0 Å². The molecule has 1 aliphatic carbocycles. The summed E-state index contributed by atoms with van der Waals surface area (Å²) in [6.07, 6.45) is 1.69. The lowest BCUT2D eigenvalue weighted by atomic mass is 9.85. The van der Waals surface area contributed by atoms with Crippen LogP contribution in [0.5, 0.6) is 0 Å². The molecule has 3 rings (SSSR count). The Bertz CT molecular complexity index is 679. The fraction of sp³-hybridized carbons (Fsp3) is 0.588. The highest BCUT2D eigenvalue weighted by Gasteiger charge is 2.45. The van der Waals surface area contributed by atoms with Crippen molar-refractivity contribution in [1.82, 2.24) is 10.2 Å². The first-order valence-electron chi connectivity index (χ1n) is 8.44. The molecule has 24 heavy (non-hydrogen) atoms. The van der Waals surface area contributed by atoms with Gasteiger partial charge in [-0.3, -0.25) is 14.4 Å². The van der Waals surface area contributed by atoms with Crippen LogP contribution in [0.3, 0.4) is 0 Å². The molecular weight excluding hydrogens is 308 g/mol. The summed E-state index contributed by atoms with van der Waals surface area (Å²) in [4.78, 5) is 38.5. The molecule has 1 saturated heterocycles. The number of ketones is 2. The van der Waals surface area contributed by atoms with E-state index in [1.807, 2.05) is 4.90 Å². The lowest BCUT2D eigenvalue weighted by Crippen LogP contribution is -2.33. The van der Waals surface area contributed by atoms with Crippen LogP contribution in [-0.4, -0.2) is 47.5 Å². The second-order valence-corrected chi connectivity index (χ2v) is 6.85. The maximum Gasteiger partial charge on any atom is 0.217 e. The molecule has 3 atom stereocenters. The van der Waals surface area contributed by atoms with Crippen LogP contribution in [0.1, 0.15) is 33.1 Å². The lowest BCUT2D eigenvalue weighted by molar-refractivity contribution is -0.118. The Morgan fingerprint density at radius 3 is 2.58 bits per heavy atom. The van der Waals surface area contributed by atoms with E-state index in [9.17, 15) is 14.4 Å². The van der Waals surface area contributed by atoms with Crippen molar-refractivity contribution in [1.29, 1.82) is 0 Å². The molecule has 5 N–H and O–H groups in total. The predicted octanol–water partition coefficient (Wildman–Crippen LogP) is -0.427. The maximum absolute atomic E-state index is 12.7. The first-order chi connectivity index (χ1) is 11.3. The second kappa shape index (κ2) is 6.05. The number of primary amides is 1. The summed E-state index contributed by atoms with van der Waals surface area (Å²) in [7, 11) is 0. The number of nitrogens with one attached hydrogen (secondary N) is 1. The van der Waals surface area contributed by atoms with Crippen molar-refractivity contribution in [2.45, 2.75) is 45.2 Å². The van der Waals surface area contributed by atoms with Crippen LogP contribution >= 0.6 is 0 Å². The third-order valence-electron chi connectivity index (χ3n) is 5.27. The molecule has 0 saturated carbocycles. The highest BCUT2D eigenvalue weighted by Crippen LogP contribution is 2.38. The average molecular weight is 332 g/mol. The van der Waals surface area contributed by atoms with Gasteiger partial charge in [0.2, 0.25) is 17.5 Å². The fourth-order valence-electron chi connectivity index (χ4n) is 3.74. The van der Waals surface area contributed by atoms with Gasteiger partial charge in [0.25, 0.3) is 0 Å². The van der Waals surface area contributed by atoms with Gasteiger partial charge in [-0.25, -0.2) is 0 Å². The summed E-state index contributed by atoms with van der Waals surface area (Å²) in [6, 6.07) is 0.805. The van der Waals surface area contributed by atoms with E-state index in [-0.39, 0.29) is 29.6 Å². The van der Waals surface area contributed by atoms with Gasteiger partial charge in [-0.1, -0.05) is 6.92 Å². The number of rotatable bonds is 6. The van der Waals surface area contributed by atoms with E-state index in [4.69, 9.17) is 11.5 Å². The van der Waals surface area contributed by atoms with E-state index in [1.54, 1.807) is 6.92 Å². The van der Waals surface area contributed by atoms with Crippen LogP contribution in [0.2, 0.25) is 0 Å². The Labute approximate surface area is 141 Å². The molecule has 7 nitrogen and oxygen atoms in total. The number of carbonyl (C=O) groups excluding carboxylic acids is 3. The zero-order valence-corrected chi connectivity index (χ0v) is 14.1. The molecule has 0 radical (unpaired) electrons. The minimum atomic E-state index is -0.403. The molecule has 130 valence electrons. The van der Waals surface area contributed by atoms with Gasteiger partial charge in [-0.2, -0.15) is 0 Å². The minimum Gasteiger partial charge on any atom is -0.395 e. The Kier molecular flexibility index (Phi) is 4.21. The van der Waals surface area contributed by atoms with E-state index >= 15 is 0 Å². The number of allylic oxidation sites excluding steroid dienone is 2. The molecule has 1 amide bonds. The molecule has 0 aromatic rings. The first kappa shape index (κ1) is 16.7. The van der Waals surface area contributed by atoms with E-state index in [0.717, 1.165) is 6.42 Å². The Morgan fingerprint density at radius 2 is 2.00 bits per heavy atom. The number of nitrogens with zero attached hydrogens (tertiary/aromatic N) is 1. The van der Waals surface area contributed by atoms with Crippen LogP contribution in [0, 0.1) is 5.92 Å². The Balaban J connectivity index is 1.87. The number of carbonyl (C=O) groups is 3. The molecule has 3 aliphatic rings. The van der Waals surface area contributed by atoms with Crippen LogP contribution in [0.4, 0.5) is 0 Å². The smallest absolute Gasteiger partial charge is 0.217 e. The molecule has 7 heteroatoms. The number of hydrogen-bond acceptors (Lipinski definition) is 6. The molecule has 1 fully saturated rings. The molecule has 2 aliphatic heterocycles. The largest absolute Gasteiger partial charge is 0.395 e. The van der Waals surface area contributed by atoms with Crippen molar-refractivity contribution in [2.75, 3.05) is 13.1 Å². The predicted molar refractivity (Wildman–Crippen MR) is 88.4 cm³/mol. The van der Waals surface area contributed by atoms with Crippen LogP contribution in [0.25, 0.3) is 0 Å². The molecule has 0 aromatic heterocycles. The third kappa shape index (κ3) is 2.73. The number of amides is 1. The second-order valence-electron chi connectivity index (χ2n) is 6.85. The highest BCUT2D eigenvalue weighted by molar-refractivity contribution is 6.25. The lowest BCUT2D eigenvalue weighted by Gasteiger charge is -2.23. The summed E-state index contributed by atoms with van der Waals surface area (Å²) >= 11 is 0. The Morgan fingerprint density at radius 1 is 1.29 bits per heavy atom. The van der Waals surface area contributed by atoms with E-state index < -0.39 is 5.91 Å². The quantitative estimate of drug-likeness (QED) is 0.447. The van der Waals surface area contributed by atoms with Gasteiger partial charge >= 0.3 is 0 Å². The fourth-order valence-corrected chi connectivity index (χ4v) is 3.74. The minimum absolute atomic E-state index is 0.0284. The zero-order chi connectivity index (χ0) is 17.6. The molecule has 0 aromatic carbocycles. The van der Waals surface area contributed by atoms with E-state index in [2.05, 4.69) is 12.2 Å². The van der Waals surface area contributed by atoms with Gasteiger partial charge < -0.3 is 21.7 Å². The van der Waals surface area contributed by atoms with Gasteiger partial charge in [-0.05, 0) is 19.8 Å². The molecule has 0 spiro atoms. The summed E-state index contributed by atoms with van der Waals surface area (Å²) in [5.41, 5.74) is 12.4. The van der Waals surface area contributed by atoms with Gasteiger partial charge in [0.05, 0.1) is 11.4 Å². The normalized spacial score (nSPS) is 29.4. The van der Waals surface area contributed by atoms with Crippen molar-refractivity contribution in [3.05, 3.63) is 22.5 Å². The third-order valence-corrected chi connectivity index (χ3v) is 5.27. The maximum atomic E-state index is 12.7. The van der Waals surface area contributed by atoms with Crippen LogP contribution in [-0.2, 0) is 14.4 Å². The standard InChI is InChI=1S/C17H24N4O3/c1-3-10-11(20-10)7-21-6-9(4-5-12(18)22)13-15(21)16(23)8(2)14(19)17(13)24/h9-11,20H,3-7,19H2,1-2H3,(H2,18,22). The number of Topliss-reactive ketones (excluding diaryl/α,β-unsaturated/α-hetero) is 2. The van der Waals surface area contributed by atoms with Crippen molar-refractivity contribution in [3.8, 4) is 0 Å². The summed E-state index contributed by atoms with van der Waals surface area (Å²) < 4.78 is 0. The number of nitrogens with two attached hydrogens (primary N) is 2. The topological polar surface area (TPSA) is 128 Å². The monoisotopic (exact) mass is 332 g/mol. The first-order valence-corrected chi connectivity index (χ1v) is 8.44. The van der Waals surface area contributed by atoms with Crippen molar-refractivity contribution in [2.24, 2.45) is 17.4 Å². The Hall–Kier alpha value is -2.15. The average Bonchev–Trinajstić information content (AvgIpc) is 3.20. The van der Waals surface area contributed by atoms with Gasteiger partial charge in [0, 0.05) is 48.7 Å². The summed E-state index contributed by atoms with van der Waals surface area (Å²) in [6.45, 7) is 4.96. The number of hydrogen-bond donors (Lipinski definition) is 3. The van der Waals surface area contributed by atoms with E-state index in [1.165, 1.54) is 0 Å². The molecular formula is C17H24N4O3. The summed E-state index contributed by atoms with van der Waals surface area (Å²) in [5, 5.41) is 3.38. The van der Waals surface area contributed by atoms with Crippen molar-refractivity contribution in [3.63, 3.8) is 0 Å².